The molecule has 2 nitrogen and oxygen atoms in total. The van der Waals surface area contributed by atoms with E-state index in [9.17, 15) is 4.79 Å². The molecule has 3 heteroatoms. The van der Waals surface area contributed by atoms with Crippen LogP contribution in [-0.4, -0.2) is 5.91 Å². The van der Waals surface area contributed by atoms with Crippen LogP contribution in [0.15, 0.2) is 22.7 Å². The van der Waals surface area contributed by atoms with Gasteiger partial charge in [0.1, 0.15) is 0 Å². The van der Waals surface area contributed by atoms with E-state index in [0.717, 1.165) is 41.4 Å². The van der Waals surface area contributed by atoms with Crippen LogP contribution in [0, 0.1) is 12.8 Å². The van der Waals surface area contributed by atoms with Crippen LogP contribution in [0.25, 0.3) is 0 Å². The number of benzene rings is 1. The average Bonchev–Trinajstić information content (AvgIpc) is 2.27. The van der Waals surface area contributed by atoms with Gasteiger partial charge in [-0.25, -0.2) is 0 Å². The largest absolute Gasteiger partial charge is 0.326 e. The number of anilines is 1. The molecule has 0 unspecified atom stereocenters. The van der Waals surface area contributed by atoms with Crippen LogP contribution in [0.2, 0.25) is 0 Å². The van der Waals surface area contributed by atoms with Crippen LogP contribution in [-0.2, 0) is 4.79 Å². The zero-order valence-corrected chi connectivity index (χ0v) is 13.0. The van der Waals surface area contributed by atoms with Gasteiger partial charge in [-0.1, -0.05) is 42.6 Å². The second-order valence-corrected chi connectivity index (χ2v) is 5.70. The number of hydrogen-bond donors (Lipinski definition) is 1. The Morgan fingerprint density at radius 2 is 1.83 bits per heavy atom. The summed E-state index contributed by atoms with van der Waals surface area (Å²) in [6.07, 6.45) is 4.03. The molecular formula is C15H22BrNO. The number of carbonyl (C=O) groups excluding carboxylic acids is 1. The first-order chi connectivity index (χ1) is 8.56. The Morgan fingerprint density at radius 1 is 1.22 bits per heavy atom. The summed E-state index contributed by atoms with van der Waals surface area (Å²) in [7, 11) is 0. The van der Waals surface area contributed by atoms with Gasteiger partial charge in [-0.05, 0) is 43.5 Å². The van der Waals surface area contributed by atoms with Gasteiger partial charge in [0.05, 0.1) is 0 Å². The summed E-state index contributed by atoms with van der Waals surface area (Å²) in [5, 5.41) is 3.02. The summed E-state index contributed by atoms with van der Waals surface area (Å²) in [4.78, 5) is 12.2. The first-order valence-electron chi connectivity index (χ1n) is 6.64. The van der Waals surface area contributed by atoms with Gasteiger partial charge in [-0.15, -0.1) is 0 Å². The van der Waals surface area contributed by atoms with Crippen molar-refractivity contribution in [2.24, 2.45) is 5.92 Å². The van der Waals surface area contributed by atoms with Crippen molar-refractivity contribution in [2.75, 3.05) is 5.32 Å². The highest BCUT2D eigenvalue weighted by Crippen LogP contribution is 2.21. The van der Waals surface area contributed by atoms with E-state index in [4.69, 9.17) is 0 Å². The van der Waals surface area contributed by atoms with Gasteiger partial charge in [0.2, 0.25) is 5.91 Å². The van der Waals surface area contributed by atoms with E-state index < -0.39 is 0 Å². The predicted molar refractivity (Wildman–Crippen MR) is 80.8 cm³/mol. The third kappa shape index (κ3) is 4.81. The lowest BCUT2D eigenvalue weighted by atomic mass is 9.97. The first kappa shape index (κ1) is 15.2. The van der Waals surface area contributed by atoms with Crippen LogP contribution in [0.4, 0.5) is 5.69 Å². The lowest BCUT2D eigenvalue weighted by Crippen LogP contribution is -2.22. The minimum Gasteiger partial charge on any atom is -0.326 e. The normalized spacial score (nSPS) is 10.7. The number of nitrogens with one attached hydrogen (secondary N) is 1. The summed E-state index contributed by atoms with van der Waals surface area (Å²) >= 11 is 3.45. The van der Waals surface area contributed by atoms with Crippen molar-refractivity contribution >= 4 is 27.5 Å². The number of amides is 1. The van der Waals surface area contributed by atoms with Gasteiger partial charge in [-0.3, -0.25) is 4.79 Å². The molecule has 0 fully saturated rings. The highest BCUT2D eigenvalue weighted by Gasteiger charge is 2.16. The third-order valence-corrected chi connectivity index (χ3v) is 3.41. The molecule has 1 aromatic rings. The van der Waals surface area contributed by atoms with Crippen molar-refractivity contribution in [2.45, 2.75) is 46.5 Å². The standard InChI is InChI=1S/C15H22BrNO/c1-4-6-12(7-5-2)15(18)17-14-9-11(3)8-13(16)10-14/h8-10,12H,4-7H2,1-3H3,(H,17,18). The molecule has 0 bridgehead atoms. The second kappa shape index (κ2) is 7.57. The van der Waals surface area contributed by atoms with Crippen molar-refractivity contribution < 1.29 is 4.79 Å². The predicted octanol–water partition coefficient (Wildman–Crippen LogP) is 4.91. The SMILES string of the molecule is CCCC(CCC)C(=O)Nc1cc(C)cc(Br)c1. The molecule has 1 N–H and O–H groups in total. The van der Waals surface area contributed by atoms with Gasteiger partial charge < -0.3 is 5.32 Å². The van der Waals surface area contributed by atoms with Gasteiger partial charge in [0.15, 0.2) is 0 Å². The zero-order valence-electron chi connectivity index (χ0n) is 11.4. The monoisotopic (exact) mass is 311 g/mol. The minimum atomic E-state index is 0.138. The fourth-order valence-corrected chi connectivity index (χ4v) is 2.76. The molecule has 18 heavy (non-hydrogen) atoms. The van der Waals surface area contributed by atoms with Crippen molar-refractivity contribution in [1.82, 2.24) is 0 Å². The third-order valence-electron chi connectivity index (χ3n) is 2.95. The molecule has 1 amide bonds. The Morgan fingerprint density at radius 3 is 2.33 bits per heavy atom. The molecule has 0 heterocycles. The molecule has 0 radical (unpaired) electrons. The average molecular weight is 312 g/mol. The fourth-order valence-electron chi connectivity index (χ4n) is 2.16. The summed E-state index contributed by atoms with van der Waals surface area (Å²) in [6.45, 7) is 6.27. The molecule has 0 saturated heterocycles. The van der Waals surface area contributed by atoms with Gasteiger partial charge >= 0.3 is 0 Å². The molecule has 0 spiro atoms. The topological polar surface area (TPSA) is 29.1 Å². The highest BCUT2D eigenvalue weighted by atomic mass is 79.9. The van der Waals surface area contributed by atoms with E-state index in [1.165, 1.54) is 0 Å². The number of hydrogen-bond acceptors (Lipinski definition) is 1. The summed E-state index contributed by atoms with van der Waals surface area (Å²) in [6, 6.07) is 5.97. The van der Waals surface area contributed by atoms with E-state index >= 15 is 0 Å². The first-order valence-corrected chi connectivity index (χ1v) is 7.44. The Bertz CT molecular complexity index is 377. The summed E-state index contributed by atoms with van der Waals surface area (Å²) in [5.41, 5.74) is 2.02. The maximum atomic E-state index is 12.2. The molecule has 0 saturated carbocycles. The molecule has 0 aliphatic carbocycles. The Hall–Kier alpha value is -0.830. The molecule has 0 aromatic heterocycles. The molecular weight excluding hydrogens is 290 g/mol. The Labute approximate surface area is 118 Å². The van der Waals surface area contributed by atoms with Crippen LogP contribution in [0.5, 0.6) is 0 Å². The van der Waals surface area contributed by atoms with Crippen LogP contribution in [0.1, 0.15) is 45.1 Å². The number of aryl methyl sites for hydroxylation is 1. The molecule has 1 rings (SSSR count). The van der Waals surface area contributed by atoms with Crippen molar-refractivity contribution in [3.63, 3.8) is 0 Å². The highest BCUT2D eigenvalue weighted by molar-refractivity contribution is 9.10. The van der Waals surface area contributed by atoms with Gasteiger partial charge in [0, 0.05) is 16.1 Å². The van der Waals surface area contributed by atoms with Crippen LogP contribution in [0.3, 0.4) is 0 Å². The van der Waals surface area contributed by atoms with E-state index in [1.807, 2.05) is 25.1 Å². The number of halogens is 1. The van der Waals surface area contributed by atoms with E-state index in [2.05, 4.69) is 35.1 Å². The lowest BCUT2D eigenvalue weighted by Gasteiger charge is -2.15. The van der Waals surface area contributed by atoms with E-state index in [1.54, 1.807) is 0 Å². The second-order valence-electron chi connectivity index (χ2n) is 4.78. The minimum absolute atomic E-state index is 0.138. The number of carbonyl (C=O) groups is 1. The van der Waals surface area contributed by atoms with Crippen molar-refractivity contribution in [3.8, 4) is 0 Å². The zero-order chi connectivity index (χ0) is 13.5. The quantitative estimate of drug-likeness (QED) is 0.794. The van der Waals surface area contributed by atoms with Gasteiger partial charge in [-0.2, -0.15) is 0 Å². The summed E-state index contributed by atoms with van der Waals surface area (Å²) in [5.74, 6) is 0.287. The van der Waals surface area contributed by atoms with Crippen molar-refractivity contribution in [3.05, 3.63) is 28.2 Å². The van der Waals surface area contributed by atoms with Crippen molar-refractivity contribution in [1.29, 1.82) is 0 Å². The maximum absolute atomic E-state index is 12.2. The van der Waals surface area contributed by atoms with Crippen LogP contribution >= 0.6 is 15.9 Å². The van der Waals surface area contributed by atoms with Gasteiger partial charge in [0.25, 0.3) is 0 Å². The molecule has 0 aliphatic rings. The van der Waals surface area contributed by atoms with E-state index in [0.29, 0.717) is 0 Å². The number of rotatable bonds is 6. The lowest BCUT2D eigenvalue weighted by molar-refractivity contribution is -0.120. The maximum Gasteiger partial charge on any atom is 0.227 e. The molecule has 1 aromatic carbocycles. The Balaban J connectivity index is 2.72. The van der Waals surface area contributed by atoms with E-state index in [-0.39, 0.29) is 11.8 Å². The molecule has 100 valence electrons. The smallest absolute Gasteiger partial charge is 0.227 e. The van der Waals surface area contributed by atoms with Crippen LogP contribution < -0.4 is 5.32 Å². The molecule has 0 atom stereocenters. The Kier molecular flexibility index (Phi) is 6.41. The summed E-state index contributed by atoms with van der Waals surface area (Å²) < 4.78 is 1.00. The fraction of sp³-hybridized carbons (Fsp3) is 0.533. The molecule has 0 aliphatic heterocycles.